The van der Waals surface area contributed by atoms with Gasteiger partial charge in [0, 0.05) is 51.5 Å². The number of halogens is 1. The van der Waals surface area contributed by atoms with Crippen LogP contribution in [0.3, 0.4) is 0 Å². The van der Waals surface area contributed by atoms with Crippen LogP contribution in [0.1, 0.15) is 57.7 Å². The van der Waals surface area contributed by atoms with Gasteiger partial charge in [0.1, 0.15) is 0 Å². The van der Waals surface area contributed by atoms with E-state index in [9.17, 15) is 4.79 Å². The zero-order valence-corrected chi connectivity index (χ0v) is 18.3. The lowest BCUT2D eigenvalue weighted by Gasteiger charge is -2.15. The van der Waals surface area contributed by atoms with E-state index in [1.165, 1.54) is 0 Å². The molecule has 0 radical (unpaired) electrons. The average molecular weight is 478 g/mol. The summed E-state index contributed by atoms with van der Waals surface area (Å²) in [5, 5.41) is 10.5. The molecule has 0 unspecified atom stereocenters. The lowest BCUT2D eigenvalue weighted by molar-refractivity contribution is -0.127. The zero-order valence-electron chi connectivity index (χ0n) is 16.0. The Hall–Kier alpha value is -1.39. The maximum atomic E-state index is 11.6. The van der Waals surface area contributed by atoms with Crippen molar-refractivity contribution >= 4 is 35.8 Å². The Morgan fingerprint density at radius 1 is 1.38 bits per heavy atom. The Morgan fingerprint density at radius 2 is 2.19 bits per heavy atom. The molecule has 1 aliphatic rings. The fourth-order valence-corrected chi connectivity index (χ4v) is 2.63. The molecule has 1 fully saturated rings. The number of rotatable bonds is 9. The molecule has 1 aromatic rings. The summed E-state index contributed by atoms with van der Waals surface area (Å²) < 4.78 is 5.23. The normalized spacial score (nSPS) is 14.7. The second-order valence-electron chi connectivity index (χ2n) is 6.48. The first-order valence-corrected chi connectivity index (χ1v) is 9.22. The number of aromatic nitrogens is 2. The molecule has 0 aromatic carbocycles. The first-order valence-electron chi connectivity index (χ1n) is 9.22. The summed E-state index contributed by atoms with van der Waals surface area (Å²) in [5.41, 5.74) is 0. The van der Waals surface area contributed by atoms with Crippen molar-refractivity contribution in [3.05, 3.63) is 11.7 Å². The summed E-state index contributed by atoms with van der Waals surface area (Å²) in [6, 6.07) is 0. The van der Waals surface area contributed by atoms with Crippen molar-refractivity contribution in [2.24, 2.45) is 4.99 Å². The Balaban J connectivity index is 0.00000338. The van der Waals surface area contributed by atoms with Gasteiger partial charge in [0.25, 0.3) is 0 Å². The lowest BCUT2D eigenvalue weighted by atomic mass is 10.2. The van der Waals surface area contributed by atoms with E-state index in [2.05, 4.69) is 25.8 Å². The highest BCUT2D eigenvalue weighted by Gasteiger charge is 2.18. The number of nitrogens with one attached hydrogen (secondary N) is 2. The molecular formula is C17H31IN6O2. The van der Waals surface area contributed by atoms with Gasteiger partial charge < -0.3 is 20.1 Å². The molecule has 8 nitrogen and oxygen atoms in total. The Bertz CT molecular complexity index is 575. The summed E-state index contributed by atoms with van der Waals surface area (Å²) >= 11 is 0. The number of amides is 1. The Morgan fingerprint density at radius 3 is 2.81 bits per heavy atom. The summed E-state index contributed by atoms with van der Waals surface area (Å²) in [4.78, 5) is 22.4. The minimum Gasteiger partial charge on any atom is -0.357 e. The minimum absolute atomic E-state index is 0. The molecule has 9 heteroatoms. The van der Waals surface area contributed by atoms with Crippen LogP contribution in [0.25, 0.3) is 0 Å². The molecule has 2 N–H and O–H groups in total. The van der Waals surface area contributed by atoms with Crippen LogP contribution in [0.15, 0.2) is 9.52 Å². The molecule has 148 valence electrons. The molecule has 1 saturated heterocycles. The predicted octanol–water partition coefficient (Wildman–Crippen LogP) is 1.92. The molecule has 2 heterocycles. The van der Waals surface area contributed by atoms with Gasteiger partial charge >= 0.3 is 0 Å². The molecule has 1 amide bonds. The highest BCUT2D eigenvalue weighted by molar-refractivity contribution is 14.0. The third-order valence-electron chi connectivity index (χ3n) is 4.00. The van der Waals surface area contributed by atoms with E-state index in [1.54, 1.807) is 0 Å². The summed E-state index contributed by atoms with van der Waals surface area (Å²) in [7, 11) is 0. The highest BCUT2D eigenvalue weighted by atomic mass is 127. The largest absolute Gasteiger partial charge is 0.357 e. The van der Waals surface area contributed by atoms with Crippen LogP contribution < -0.4 is 10.6 Å². The Kier molecular flexibility index (Phi) is 10.5. The van der Waals surface area contributed by atoms with Gasteiger partial charge in [-0.2, -0.15) is 4.98 Å². The summed E-state index contributed by atoms with van der Waals surface area (Å²) in [6.07, 6.45) is 3.22. The van der Waals surface area contributed by atoms with Gasteiger partial charge in [0.15, 0.2) is 11.8 Å². The quantitative estimate of drug-likeness (QED) is 0.244. The summed E-state index contributed by atoms with van der Waals surface area (Å²) in [5.74, 6) is 2.70. The number of carbonyl (C=O) groups is 1. The van der Waals surface area contributed by atoms with Crippen LogP contribution in [0.2, 0.25) is 0 Å². The van der Waals surface area contributed by atoms with E-state index in [0.717, 1.165) is 44.3 Å². The average Bonchev–Trinajstić information content (AvgIpc) is 3.21. The second kappa shape index (κ2) is 12.1. The number of carbonyl (C=O) groups excluding carboxylic acids is 1. The SMILES string of the molecule is CCNC(=NCCCN1CCCC1=O)NCCc1nc(C(C)C)no1.I. The van der Waals surface area contributed by atoms with Crippen LogP contribution >= 0.6 is 24.0 Å². The van der Waals surface area contributed by atoms with Gasteiger partial charge in [-0.05, 0) is 19.8 Å². The van der Waals surface area contributed by atoms with E-state index >= 15 is 0 Å². The molecule has 2 rings (SSSR count). The van der Waals surface area contributed by atoms with Crippen LogP contribution in [0.5, 0.6) is 0 Å². The number of guanidine groups is 1. The first kappa shape index (κ1) is 22.7. The molecule has 1 aliphatic heterocycles. The molecular weight excluding hydrogens is 447 g/mol. The fraction of sp³-hybridized carbons (Fsp3) is 0.765. The molecule has 1 aromatic heterocycles. The number of hydrogen-bond donors (Lipinski definition) is 2. The van der Waals surface area contributed by atoms with Crippen LogP contribution in [-0.4, -0.2) is 59.6 Å². The van der Waals surface area contributed by atoms with E-state index < -0.39 is 0 Å². The van der Waals surface area contributed by atoms with Gasteiger partial charge in [-0.15, -0.1) is 24.0 Å². The van der Waals surface area contributed by atoms with Crippen molar-refractivity contribution in [2.75, 3.05) is 32.7 Å². The fourth-order valence-electron chi connectivity index (χ4n) is 2.63. The van der Waals surface area contributed by atoms with Gasteiger partial charge in [0.05, 0.1) is 0 Å². The summed E-state index contributed by atoms with van der Waals surface area (Å²) in [6.45, 7) is 9.97. The lowest BCUT2D eigenvalue weighted by Crippen LogP contribution is -2.38. The molecule has 0 saturated carbocycles. The van der Waals surface area contributed by atoms with E-state index in [0.29, 0.717) is 31.8 Å². The predicted molar refractivity (Wildman–Crippen MR) is 112 cm³/mol. The van der Waals surface area contributed by atoms with Crippen LogP contribution in [-0.2, 0) is 11.2 Å². The van der Waals surface area contributed by atoms with E-state index in [1.807, 2.05) is 25.7 Å². The second-order valence-corrected chi connectivity index (χ2v) is 6.48. The van der Waals surface area contributed by atoms with Crippen molar-refractivity contribution in [1.29, 1.82) is 0 Å². The van der Waals surface area contributed by atoms with E-state index in [4.69, 9.17) is 4.52 Å². The third-order valence-corrected chi connectivity index (χ3v) is 4.00. The van der Waals surface area contributed by atoms with Gasteiger partial charge in [0.2, 0.25) is 11.8 Å². The molecule has 0 aliphatic carbocycles. The smallest absolute Gasteiger partial charge is 0.228 e. The van der Waals surface area contributed by atoms with Crippen LogP contribution in [0, 0.1) is 0 Å². The number of aliphatic imine (C=N–C) groups is 1. The number of likely N-dealkylation sites (tertiary alicyclic amines) is 1. The van der Waals surface area contributed by atoms with Crippen molar-refractivity contribution in [3.8, 4) is 0 Å². The van der Waals surface area contributed by atoms with Crippen LogP contribution in [0.4, 0.5) is 0 Å². The maximum Gasteiger partial charge on any atom is 0.228 e. The molecule has 0 spiro atoms. The van der Waals surface area contributed by atoms with E-state index in [-0.39, 0.29) is 35.8 Å². The van der Waals surface area contributed by atoms with Crippen molar-refractivity contribution in [3.63, 3.8) is 0 Å². The third kappa shape index (κ3) is 7.46. The van der Waals surface area contributed by atoms with Gasteiger partial charge in [-0.1, -0.05) is 19.0 Å². The molecule has 26 heavy (non-hydrogen) atoms. The zero-order chi connectivity index (χ0) is 18.1. The van der Waals surface area contributed by atoms with Gasteiger partial charge in [-0.25, -0.2) is 0 Å². The standard InChI is InChI=1S/C17H30N6O2.HI/c1-4-18-17(19-9-6-12-23-11-5-7-15(23)24)20-10-8-14-21-16(13(2)3)22-25-14;/h13H,4-12H2,1-3H3,(H2,18,19,20);1H. The maximum absolute atomic E-state index is 11.6. The van der Waals surface area contributed by atoms with Crippen molar-refractivity contribution in [1.82, 2.24) is 25.7 Å². The molecule has 0 bridgehead atoms. The number of nitrogens with zero attached hydrogens (tertiary/aromatic N) is 4. The number of hydrogen-bond acceptors (Lipinski definition) is 5. The Labute approximate surface area is 172 Å². The monoisotopic (exact) mass is 478 g/mol. The minimum atomic E-state index is 0. The first-order chi connectivity index (χ1) is 12.1. The highest BCUT2D eigenvalue weighted by Crippen LogP contribution is 2.10. The van der Waals surface area contributed by atoms with Crippen molar-refractivity contribution < 1.29 is 9.32 Å². The molecule has 0 atom stereocenters. The van der Waals surface area contributed by atoms with Crippen molar-refractivity contribution in [2.45, 2.75) is 52.4 Å². The topological polar surface area (TPSA) is 95.7 Å². The van der Waals surface area contributed by atoms with Gasteiger partial charge in [-0.3, -0.25) is 9.79 Å².